The van der Waals surface area contributed by atoms with Crippen molar-refractivity contribution in [3.8, 4) is 0 Å². The van der Waals surface area contributed by atoms with Gasteiger partial charge in [-0.2, -0.15) is 0 Å². The number of nitrogens with one attached hydrogen (secondary N) is 2. The predicted octanol–water partition coefficient (Wildman–Crippen LogP) is 10.2. The van der Waals surface area contributed by atoms with E-state index >= 15 is 0 Å². The topological polar surface area (TPSA) is 110 Å². The molecule has 2 aromatic carbocycles. The highest BCUT2D eigenvalue weighted by Gasteiger charge is 2.69. The summed E-state index contributed by atoms with van der Waals surface area (Å²) in [6, 6.07) is 22.0. The average Bonchev–Trinajstić information content (AvgIpc) is 3.25. The number of carbonyl (C=O) groups excluding carboxylic acids is 2. The van der Waals surface area contributed by atoms with E-state index in [2.05, 4.69) is 72.2 Å². The molecule has 0 heterocycles. The summed E-state index contributed by atoms with van der Waals surface area (Å²) in [4.78, 5) is 29.3. The summed E-state index contributed by atoms with van der Waals surface area (Å²) in [6.07, 6.45) is 22.7. The highest BCUT2D eigenvalue weighted by molar-refractivity contribution is 6.18. The third-order valence-corrected chi connectivity index (χ3v) is 20.5. The van der Waals surface area contributed by atoms with Crippen molar-refractivity contribution in [1.82, 2.24) is 10.6 Å². The maximum atomic E-state index is 14.7. The summed E-state index contributed by atoms with van der Waals surface area (Å²) in [6.45, 7) is 2.50. The van der Waals surface area contributed by atoms with Gasteiger partial charge in [-0.3, -0.25) is 9.59 Å². The quantitative estimate of drug-likeness (QED) is 0.150. The van der Waals surface area contributed by atoms with Crippen molar-refractivity contribution >= 4 is 35.0 Å². The fourth-order valence-corrected chi connectivity index (χ4v) is 17.8. The van der Waals surface area contributed by atoms with Gasteiger partial charge < -0.3 is 22.1 Å². The molecule has 2 aromatic rings. The van der Waals surface area contributed by atoms with Crippen molar-refractivity contribution in [2.45, 2.75) is 183 Å². The molecular formula is C53H74Cl2N4O2. The van der Waals surface area contributed by atoms with E-state index < -0.39 is 0 Å². The van der Waals surface area contributed by atoms with Gasteiger partial charge in [0.2, 0.25) is 11.8 Å². The van der Waals surface area contributed by atoms with Gasteiger partial charge in [0.25, 0.3) is 0 Å². The number of hydrogen-bond acceptors (Lipinski definition) is 4. The molecule has 2 amide bonds. The Labute approximate surface area is 376 Å². The van der Waals surface area contributed by atoms with Gasteiger partial charge in [-0.25, -0.2) is 0 Å². The van der Waals surface area contributed by atoms with E-state index in [4.69, 9.17) is 34.7 Å². The summed E-state index contributed by atoms with van der Waals surface area (Å²) in [5, 5.41) is 7.25. The molecule has 6 N–H and O–H groups in total. The minimum atomic E-state index is -0.320. The smallest absolute Gasteiger partial charge is 0.226 e. The fourth-order valence-electron chi connectivity index (χ4n) is 17.0. The molecule has 0 aliphatic heterocycles. The summed E-state index contributed by atoms with van der Waals surface area (Å²) in [5.74, 6) is 3.92. The lowest BCUT2D eigenvalue weighted by molar-refractivity contribution is -0.182. The van der Waals surface area contributed by atoms with Gasteiger partial charge in [0, 0.05) is 35.9 Å². The molecule has 4 unspecified atom stereocenters. The molecule has 10 fully saturated rings. The molecule has 61 heavy (non-hydrogen) atoms. The second-order valence-corrected chi connectivity index (χ2v) is 24.0. The number of aryl methyl sites for hydroxylation is 1. The van der Waals surface area contributed by atoms with Crippen LogP contribution in [0.3, 0.4) is 0 Å². The van der Waals surface area contributed by atoms with E-state index in [-0.39, 0.29) is 56.7 Å². The lowest BCUT2D eigenvalue weighted by Crippen LogP contribution is -2.66. The third-order valence-electron chi connectivity index (χ3n) is 20.1. The summed E-state index contributed by atoms with van der Waals surface area (Å²) < 4.78 is 0. The minimum absolute atomic E-state index is 0.0155. The van der Waals surface area contributed by atoms with E-state index in [1.54, 1.807) is 0 Å². The number of halogens is 2. The number of carbonyl (C=O) groups is 2. The van der Waals surface area contributed by atoms with Crippen molar-refractivity contribution in [1.29, 1.82) is 0 Å². The molecule has 0 saturated heterocycles. The standard InChI is InChI=1S/C53H74Cl2N4O2/c1-48(20-22-54)38-25-50(26-39(48)28-51(27-38,34-50)46(60)58-44-14-10-42(56)11-15-44)37-9-5-6-35(24-37)18-19-53(21-23-55)40-29-49(36-7-3-2-4-8-36)30-41(53)32-52(31-40,33-49)47(61)59-45-16-12-43(57)13-17-45/h2-9,24,38-45H,10-23,25-34,56-57H2,1H3,(H,58,60)(H,59,61). The Morgan fingerprint density at radius 3 is 1.59 bits per heavy atom. The highest BCUT2D eigenvalue weighted by atomic mass is 35.5. The van der Waals surface area contributed by atoms with Crippen LogP contribution >= 0.6 is 23.2 Å². The van der Waals surface area contributed by atoms with Gasteiger partial charge in [-0.1, -0.05) is 61.5 Å². The Bertz CT molecular complexity index is 1900. The number of amides is 2. The van der Waals surface area contributed by atoms with E-state index in [0.717, 1.165) is 141 Å². The van der Waals surface area contributed by atoms with E-state index in [0.29, 0.717) is 47.2 Å². The van der Waals surface area contributed by atoms with Crippen LogP contribution in [0.2, 0.25) is 0 Å². The first-order chi connectivity index (χ1) is 29.4. The highest BCUT2D eigenvalue weighted by Crippen LogP contribution is 2.74. The largest absolute Gasteiger partial charge is 0.353 e. The van der Waals surface area contributed by atoms with Crippen LogP contribution in [-0.2, 0) is 26.8 Å². The first-order valence-electron chi connectivity index (χ1n) is 24.8. The van der Waals surface area contributed by atoms with Crippen LogP contribution in [0.1, 0.15) is 158 Å². The molecule has 10 aliphatic rings. The van der Waals surface area contributed by atoms with Gasteiger partial charge in [0.15, 0.2) is 0 Å². The molecule has 10 aliphatic carbocycles. The number of alkyl halides is 2. The zero-order chi connectivity index (χ0) is 42.3. The molecule has 10 saturated carbocycles. The molecule has 8 bridgehead atoms. The van der Waals surface area contributed by atoms with Crippen LogP contribution in [-0.4, -0.2) is 47.7 Å². The lowest BCUT2D eigenvalue weighted by atomic mass is 9.35. The third kappa shape index (κ3) is 7.25. The lowest BCUT2D eigenvalue weighted by Gasteiger charge is -2.69. The molecule has 4 atom stereocenters. The van der Waals surface area contributed by atoms with Crippen LogP contribution in [0.4, 0.5) is 0 Å². The maximum absolute atomic E-state index is 14.7. The fraction of sp³-hybridized carbons (Fsp3) is 0.736. The Kier molecular flexibility index (Phi) is 11.3. The molecule has 332 valence electrons. The van der Waals surface area contributed by atoms with Crippen molar-refractivity contribution in [3.05, 3.63) is 71.3 Å². The predicted molar refractivity (Wildman–Crippen MR) is 248 cm³/mol. The number of benzene rings is 2. The van der Waals surface area contributed by atoms with Crippen LogP contribution in [0, 0.1) is 45.3 Å². The molecule has 6 nitrogen and oxygen atoms in total. The number of hydrogen-bond donors (Lipinski definition) is 4. The van der Waals surface area contributed by atoms with Crippen LogP contribution < -0.4 is 22.1 Å². The Balaban J connectivity index is 0.918. The SMILES string of the molecule is CC1(CCCl)C2CC3(C(=O)NC4CCC(N)CC4)CC1CC(c1cccc(CCC4(CCCl)C5CC6(C(=O)NC7CCC(N)CC7)CC4CC(c4ccccc4)(C5)C6)c1)(C2)C3. The average molecular weight is 870 g/mol. The van der Waals surface area contributed by atoms with Gasteiger partial charge in [-0.15, -0.1) is 23.2 Å². The van der Waals surface area contributed by atoms with E-state index in [1.165, 1.54) is 16.7 Å². The van der Waals surface area contributed by atoms with Crippen molar-refractivity contribution in [2.24, 2.45) is 56.8 Å². The first kappa shape index (κ1) is 42.8. The van der Waals surface area contributed by atoms with Gasteiger partial charge in [0.05, 0.1) is 10.8 Å². The maximum Gasteiger partial charge on any atom is 0.226 e. The zero-order valence-electron chi connectivity index (χ0n) is 37.0. The van der Waals surface area contributed by atoms with E-state index in [9.17, 15) is 9.59 Å². The summed E-state index contributed by atoms with van der Waals surface area (Å²) in [7, 11) is 0. The number of nitrogens with two attached hydrogens (primary N) is 2. The number of rotatable bonds is 13. The minimum Gasteiger partial charge on any atom is -0.353 e. The summed E-state index contributed by atoms with van der Waals surface area (Å²) in [5.41, 5.74) is 16.6. The van der Waals surface area contributed by atoms with Gasteiger partial charge >= 0.3 is 0 Å². The van der Waals surface area contributed by atoms with Crippen molar-refractivity contribution in [2.75, 3.05) is 11.8 Å². The molecule has 12 rings (SSSR count). The first-order valence-corrected chi connectivity index (χ1v) is 25.8. The molecule has 0 aromatic heterocycles. The zero-order valence-corrected chi connectivity index (χ0v) is 38.5. The molecule has 8 heteroatoms. The molecular weight excluding hydrogens is 796 g/mol. The molecule has 0 spiro atoms. The second-order valence-electron chi connectivity index (χ2n) is 23.2. The van der Waals surface area contributed by atoms with Crippen molar-refractivity contribution < 1.29 is 9.59 Å². The molecule has 0 radical (unpaired) electrons. The monoisotopic (exact) mass is 869 g/mol. The Hall–Kier alpha value is -2.12. The Morgan fingerprint density at radius 1 is 0.590 bits per heavy atom. The van der Waals surface area contributed by atoms with Crippen LogP contribution in [0.25, 0.3) is 0 Å². The van der Waals surface area contributed by atoms with Gasteiger partial charge in [-0.05, 0) is 203 Å². The van der Waals surface area contributed by atoms with Crippen molar-refractivity contribution in [3.63, 3.8) is 0 Å². The van der Waals surface area contributed by atoms with Gasteiger partial charge in [0.1, 0.15) is 0 Å². The van der Waals surface area contributed by atoms with Crippen LogP contribution in [0.5, 0.6) is 0 Å². The second kappa shape index (κ2) is 16.1. The Morgan fingerprint density at radius 2 is 1.07 bits per heavy atom. The van der Waals surface area contributed by atoms with E-state index in [1.807, 2.05) is 0 Å². The van der Waals surface area contributed by atoms with Crippen LogP contribution in [0.15, 0.2) is 54.6 Å². The summed E-state index contributed by atoms with van der Waals surface area (Å²) >= 11 is 13.4. The normalized spacial score (nSPS) is 44.5.